The Morgan fingerprint density at radius 1 is 0.914 bits per heavy atom. The van der Waals surface area contributed by atoms with Crippen LogP contribution < -0.4 is 4.72 Å². The Morgan fingerprint density at radius 3 is 2.34 bits per heavy atom. The summed E-state index contributed by atoms with van der Waals surface area (Å²) in [4.78, 5) is 12.0. The van der Waals surface area contributed by atoms with Gasteiger partial charge < -0.3 is 10.2 Å². The maximum Gasteiger partial charge on any atom is 0.336 e. The molecule has 3 N–H and O–H groups in total. The molecule has 4 rings (SSSR count). The summed E-state index contributed by atoms with van der Waals surface area (Å²) in [6, 6.07) is 21.9. The number of carbonyl (C=O) groups is 1. The number of hydrogen-bond donors (Lipinski definition) is 3. The number of aliphatic hydroxyl groups is 1. The summed E-state index contributed by atoms with van der Waals surface area (Å²) in [5, 5.41) is 21.0. The first-order valence-corrected chi connectivity index (χ1v) is 13.2. The van der Waals surface area contributed by atoms with Crippen molar-refractivity contribution in [1.29, 1.82) is 0 Å². The minimum atomic E-state index is -3.61. The summed E-state index contributed by atoms with van der Waals surface area (Å²) in [7, 11) is -3.61. The molecule has 0 fully saturated rings. The SMILES string of the molecule is CC(CO)c1ccc2c(CCCCNS(=O)(=O)c3ccc4ccccc4c3)cc(C(=O)O)c-2cc1. The van der Waals surface area contributed by atoms with Crippen molar-refractivity contribution < 1.29 is 23.4 Å². The van der Waals surface area contributed by atoms with Crippen molar-refractivity contribution in [2.24, 2.45) is 0 Å². The standard InChI is InChI=1S/C28H29NO5S/c1-19(18-30)20-10-13-25-23(17-27(28(31)32)26(25)14-11-20)8-4-5-15-29-35(33,34)24-12-9-21-6-2-3-7-22(21)16-24/h2-3,6-7,9-14,16-17,19,29-30H,4-5,8,15,18H2,1H3,(H,31,32). The van der Waals surface area contributed by atoms with Crippen LogP contribution in [0.25, 0.3) is 21.9 Å². The van der Waals surface area contributed by atoms with E-state index in [-0.39, 0.29) is 23.0 Å². The Kier molecular flexibility index (Phi) is 7.50. The molecule has 2 aromatic carbocycles. The summed E-state index contributed by atoms with van der Waals surface area (Å²) >= 11 is 0. The Hall–Kier alpha value is -3.26. The van der Waals surface area contributed by atoms with E-state index < -0.39 is 16.0 Å². The Morgan fingerprint density at radius 2 is 1.63 bits per heavy atom. The molecule has 2 aliphatic carbocycles. The molecular weight excluding hydrogens is 462 g/mol. The third-order valence-corrected chi connectivity index (χ3v) is 7.86. The molecule has 1 unspecified atom stereocenters. The van der Waals surface area contributed by atoms with Gasteiger partial charge in [-0.3, -0.25) is 0 Å². The molecule has 6 nitrogen and oxygen atoms in total. The van der Waals surface area contributed by atoms with Crippen LogP contribution in [0.15, 0.2) is 77.7 Å². The van der Waals surface area contributed by atoms with Gasteiger partial charge >= 0.3 is 5.97 Å². The van der Waals surface area contributed by atoms with Gasteiger partial charge in [-0.1, -0.05) is 61.5 Å². The van der Waals surface area contributed by atoms with E-state index in [9.17, 15) is 23.4 Å². The molecule has 0 saturated heterocycles. The second-order valence-corrected chi connectivity index (χ2v) is 10.6. The van der Waals surface area contributed by atoms with Crippen molar-refractivity contribution >= 4 is 26.8 Å². The van der Waals surface area contributed by atoms with Crippen molar-refractivity contribution in [3.63, 3.8) is 0 Å². The summed E-state index contributed by atoms with van der Waals surface area (Å²) < 4.78 is 28.1. The zero-order valence-electron chi connectivity index (χ0n) is 19.6. The van der Waals surface area contributed by atoms with Gasteiger partial charge in [0.05, 0.1) is 10.5 Å². The first kappa shape index (κ1) is 24.9. The number of carboxylic acids is 1. The molecule has 0 radical (unpaired) electrons. The van der Waals surface area contributed by atoms with E-state index in [0.717, 1.165) is 27.5 Å². The number of fused-ring (bicyclic) bond motifs is 2. The number of hydrogen-bond acceptors (Lipinski definition) is 4. The van der Waals surface area contributed by atoms with E-state index in [4.69, 9.17) is 0 Å². The van der Waals surface area contributed by atoms with Gasteiger partial charge in [0.15, 0.2) is 0 Å². The van der Waals surface area contributed by atoms with E-state index in [1.165, 1.54) is 0 Å². The van der Waals surface area contributed by atoms with Crippen LogP contribution in [0.3, 0.4) is 0 Å². The van der Waals surface area contributed by atoms with Gasteiger partial charge in [-0.25, -0.2) is 17.9 Å². The van der Waals surface area contributed by atoms with E-state index in [1.54, 1.807) is 24.3 Å². The van der Waals surface area contributed by atoms with Crippen molar-refractivity contribution in [1.82, 2.24) is 4.72 Å². The maximum atomic E-state index is 12.7. The second-order valence-electron chi connectivity index (χ2n) is 8.83. The molecule has 0 amide bonds. The van der Waals surface area contributed by atoms with Gasteiger partial charge in [0.2, 0.25) is 10.0 Å². The lowest BCUT2D eigenvalue weighted by Gasteiger charge is -2.08. The number of aryl methyl sites for hydroxylation is 1. The number of sulfonamides is 1. The summed E-state index contributed by atoms with van der Waals surface area (Å²) in [5.74, 6) is -1.02. The minimum Gasteiger partial charge on any atom is -0.478 e. The predicted octanol–water partition coefficient (Wildman–Crippen LogP) is 5.04. The molecular formula is C28H29NO5S. The molecule has 7 heteroatoms. The van der Waals surface area contributed by atoms with E-state index in [2.05, 4.69) is 4.72 Å². The fourth-order valence-corrected chi connectivity index (χ4v) is 5.43. The zero-order valence-corrected chi connectivity index (χ0v) is 20.4. The monoisotopic (exact) mass is 491 g/mol. The van der Waals surface area contributed by atoms with Crippen LogP contribution in [-0.2, 0) is 16.4 Å². The van der Waals surface area contributed by atoms with Crippen molar-refractivity contribution in [3.8, 4) is 11.1 Å². The second kappa shape index (κ2) is 10.6. The molecule has 0 spiro atoms. The van der Waals surface area contributed by atoms with Crippen LogP contribution >= 0.6 is 0 Å². The van der Waals surface area contributed by atoms with Gasteiger partial charge in [0.25, 0.3) is 0 Å². The highest BCUT2D eigenvalue weighted by molar-refractivity contribution is 7.89. The van der Waals surface area contributed by atoms with Crippen molar-refractivity contribution in [3.05, 3.63) is 89.5 Å². The smallest absolute Gasteiger partial charge is 0.336 e. The zero-order chi connectivity index (χ0) is 25.0. The number of aliphatic hydroxyl groups excluding tert-OH is 1. The average Bonchev–Trinajstić information content (AvgIpc) is 3.05. The van der Waals surface area contributed by atoms with Crippen LogP contribution in [0.4, 0.5) is 0 Å². The first-order chi connectivity index (χ1) is 16.8. The minimum absolute atomic E-state index is 0.0159. The highest BCUT2D eigenvalue weighted by atomic mass is 32.2. The van der Waals surface area contributed by atoms with Gasteiger partial charge in [-0.15, -0.1) is 0 Å². The number of benzene rings is 2. The lowest BCUT2D eigenvalue weighted by Crippen LogP contribution is -2.24. The molecule has 182 valence electrons. The normalized spacial score (nSPS) is 12.7. The first-order valence-electron chi connectivity index (χ1n) is 11.7. The fraction of sp³-hybridized carbons (Fsp3) is 0.250. The number of aromatic carboxylic acids is 1. The third kappa shape index (κ3) is 5.53. The summed E-state index contributed by atoms with van der Waals surface area (Å²) in [6.07, 6.45) is 1.96. The number of nitrogens with one attached hydrogen (secondary N) is 1. The fourth-order valence-electron chi connectivity index (χ4n) is 4.32. The van der Waals surface area contributed by atoms with Crippen LogP contribution in [0.2, 0.25) is 0 Å². The molecule has 0 aliphatic heterocycles. The van der Waals surface area contributed by atoms with Gasteiger partial charge in [0.1, 0.15) is 0 Å². The lowest BCUT2D eigenvalue weighted by atomic mass is 10.0. The Bertz CT molecular complexity index is 1430. The quantitative estimate of drug-likeness (QED) is 0.270. The van der Waals surface area contributed by atoms with Crippen LogP contribution in [-0.4, -0.2) is 37.8 Å². The van der Waals surface area contributed by atoms with Crippen molar-refractivity contribution in [2.75, 3.05) is 13.2 Å². The van der Waals surface area contributed by atoms with Crippen molar-refractivity contribution in [2.45, 2.75) is 37.0 Å². The highest BCUT2D eigenvalue weighted by Gasteiger charge is 2.20. The molecule has 0 bridgehead atoms. The molecule has 2 aromatic rings. The van der Waals surface area contributed by atoms with E-state index in [0.29, 0.717) is 31.4 Å². The topological polar surface area (TPSA) is 104 Å². The molecule has 2 aliphatic rings. The molecule has 1 atom stereocenters. The van der Waals surface area contributed by atoms with Gasteiger partial charge in [-0.05, 0) is 70.5 Å². The molecule has 35 heavy (non-hydrogen) atoms. The van der Waals surface area contributed by atoms with E-state index >= 15 is 0 Å². The summed E-state index contributed by atoms with van der Waals surface area (Å²) in [6.45, 7) is 2.23. The van der Waals surface area contributed by atoms with Crippen LogP contribution in [0.1, 0.15) is 47.2 Å². The predicted molar refractivity (Wildman–Crippen MR) is 138 cm³/mol. The van der Waals surface area contributed by atoms with Crippen LogP contribution in [0.5, 0.6) is 0 Å². The average molecular weight is 492 g/mol. The number of unbranched alkanes of at least 4 members (excludes halogenated alkanes) is 1. The maximum absolute atomic E-state index is 12.7. The van der Waals surface area contributed by atoms with Gasteiger partial charge in [0, 0.05) is 19.1 Å². The van der Waals surface area contributed by atoms with Crippen LogP contribution in [0, 0.1) is 0 Å². The molecule has 0 heterocycles. The summed E-state index contributed by atoms with van der Waals surface area (Å²) in [5.41, 5.74) is 3.66. The lowest BCUT2D eigenvalue weighted by molar-refractivity contribution is 0.0698. The Labute approximate surface area is 205 Å². The Balaban J connectivity index is 1.41. The third-order valence-electron chi connectivity index (χ3n) is 6.40. The number of rotatable bonds is 10. The largest absolute Gasteiger partial charge is 0.478 e. The number of carboxylic acid groups (broad SMARTS) is 1. The molecule has 0 aromatic heterocycles. The molecule has 0 saturated carbocycles. The van der Waals surface area contributed by atoms with Gasteiger partial charge in [-0.2, -0.15) is 0 Å². The highest BCUT2D eigenvalue weighted by Crippen LogP contribution is 2.34. The van der Waals surface area contributed by atoms with E-state index in [1.807, 2.05) is 55.5 Å².